The van der Waals surface area contributed by atoms with Gasteiger partial charge in [-0.05, 0) is 12.1 Å². The third-order valence-corrected chi connectivity index (χ3v) is 1.85. The number of anilines is 1. The minimum Gasteiger partial charge on any atom is -0.495 e. The molecule has 4 nitrogen and oxygen atoms in total. The van der Waals surface area contributed by atoms with Crippen molar-refractivity contribution in [2.45, 2.75) is 6.43 Å². The molecule has 0 heterocycles. The zero-order valence-electron chi connectivity index (χ0n) is 8.57. The van der Waals surface area contributed by atoms with Crippen LogP contribution in [0.4, 0.5) is 14.5 Å². The molecule has 2 N–H and O–H groups in total. The van der Waals surface area contributed by atoms with Crippen molar-refractivity contribution in [1.29, 1.82) is 0 Å². The number of hydrogen-bond acceptors (Lipinski definition) is 4. The number of carbonyl (C=O) groups excluding carboxylic acids is 1. The lowest BCUT2D eigenvalue weighted by Gasteiger charge is -2.09. The summed E-state index contributed by atoms with van der Waals surface area (Å²) in [7, 11) is 1.39. The van der Waals surface area contributed by atoms with Crippen LogP contribution in [0.3, 0.4) is 0 Å². The van der Waals surface area contributed by atoms with Gasteiger partial charge in [0.2, 0.25) is 0 Å². The molecule has 0 spiro atoms. The molecule has 0 saturated heterocycles. The normalized spacial score (nSPS) is 10.2. The van der Waals surface area contributed by atoms with Crippen LogP contribution >= 0.6 is 0 Å². The van der Waals surface area contributed by atoms with Gasteiger partial charge in [0.05, 0.1) is 18.4 Å². The van der Waals surface area contributed by atoms with Crippen LogP contribution in [0.1, 0.15) is 10.4 Å². The maximum Gasteiger partial charge on any atom is 0.340 e. The molecule has 0 amide bonds. The second kappa shape index (κ2) is 5.29. The lowest BCUT2D eigenvalue weighted by Crippen LogP contribution is -2.13. The summed E-state index contributed by atoms with van der Waals surface area (Å²) in [5.74, 6) is -0.594. The summed E-state index contributed by atoms with van der Waals surface area (Å²) in [6.45, 7) is -0.949. The van der Waals surface area contributed by atoms with Gasteiger partial charge in [0, 0.05) is 0 Å². The minimum atomic E-state index is -2.70. The number of nitrogen functional groups attached to an aromatic ring is 1. The second-order valence-electron chi connectivity index (χ2n) is 2.91. The number of rotatable bonds is 4. The largest absolute Gasteiger partial charge is 0.495 e. The summed E-state index contributed by atoms with van der Waals surface area (Å²) in [6.07, 6.45) is -2.70. The zero-order chi connectivity index (χ0) is 12.1. The summed E-state index contributed by atoms with van der Waals surface area (Å²) in [6, 6.07) is 4.46. The lowest BCUT2D eigenvalue weighted by molar-refractivity contribution is 0.0160. The molecule has 88 valence electrons. The smallest absolute Gasteiger partial charge is 0.340 e. The van der Waals surface area contributed by atoms with Crippen molar-refractivity contribution in [1.82, 2.24) is 0 Å². The van der Waals surface area contributed by atoms with Crippen molar-refractivity contribution in [3.8, 4) is 5.75 Å². The average Bonchev–Trinajstić information content (AvgIpc) is 2.26. The van der Waals surface area contributed by atoms with Gasteiger partial charge in [-0.1, -0.05) is 6.07 Å². The van der Waals surface area contributed by atoms with E-state index in [1.54, 1.807) is 6.07 Å². The fraction of sp³-hybridized carbons (Fsp3) is 0.300. The lowest BCUT2D eigenvalue weighted by atomic mass is 10.1. The second-order valence-corrected chi connectivity index (χ2v) is 2.91. The third-order valence-electron chi connectivity index (χ3n) is 1.85. The first kappa shape index (κ1) is 12.2. The van der Waals surface area contributed by atoms with E-state index in [0.29, 0.717) is 5.75 Å². The number of esters is 1. The molecule has 0 aliphatic heterocycles. The van der Waals surface area contributed by atoms with Crippen LogP contribution in [0.2, 0.25) is 0 Å². The van der Waals surface area contributed by atoms with Gasteiger partial charge in [0.1, 0.15) is 5.75 Å². The zero-order valence-corrected chi connectivity index (χ0v) is 8.57. The standard InChI is InChI=1S/C10H11F2NO3/c1-15-7-4-2-3-6(9(7)13)10(14)16-5-8(11)12/h2-4,8H,5,13H2,1H3. The molecule has 0 radical (unpaired) electrons. The Morgan fingerprint density at radius 1 is 1.50 bits per heavy atom. The van der Waals surface area contributed by atoms with Crippen LogP contribution in [-0.2, 0) is 4.74 Å². The fourth-order valence-corrected chi connectivity index (χ4v) is 1.12. The quantitative estimate of drug-likeness (QED) is 0.632. The molecule has 0 unspecified atom stereocenters. The van der Waals surface area contributed by atoms with Crippen molar-refractivity contribution >= 4 is 11.7 Å². The van der Waals surface area contributed by atoms with Gasteiger partial charge in [-0.15, -0.1) is 0 Å². The SMILES string of the molecule is COc1cccc(C(=O)OCC(F)F)c1N. The van der Waals surface area contributed by atoms with Gasteiger partial charge in [0.15, 0.2) is 6.61 Å². The highest BCUT2D eigenvalue weighted by molar-refractivity contribution is 5.96. The number of para-hydroxylation sites is 1. The Bertz CT molecular complexity index is 382. The molecule has 0 aromatic heterocycles. The summed E-state index contributed by atoms with van der Waals surface area (Å²) >= 11 is 0. The van der Waals surface area contributed by atoms with E-state index in [9.17, 15) is 13.6 Å². The van der Waals surface area contributed by atoms with E-state index in [2.05, 4.69) is 4.74 Å². The number of alkyl halides is 2. The molecule has 6 heteroatoms. The Morgan fingerprint density at radius 2 is 2.19 bits per heavy atom. The molecule has 0 aliphatic rings. The molecule has 0 atom stereocenters. The molecule has 0 saturated carbocycles. The first-order chi connectivity index (χ1) is 7.56. The summed E-state index contributed by atoms with van der Waals surface area (Å²) in [5.41, 5.74) is 5.68. The van der Waals surface area contributed by atoms with Crippen molar-refractivity contribution in [3.63, 3.8) is 0 Å². The summed E-state index contributed by atoms with van der Waals surface area (Å²) in [5, 5.41) is 0. The Kier molecular flexibility index (Phi) is 4.04. The number of carbonyl (C=O) groups is 1. The van der Waals surface area contributed by atoms with E-state index in [0.717, 1.165) is 0 Å². The van der Waals surface area contributed by atoms with Crippen LogP contribution < -0.4 is 10.5 Å². The summed E-state index contributed by atoms with van der Waals surface area (Å²) < 4.78 is 32.9. The van der Waals surface area contributed by atoms with Gasteiger partial charge in [0.25, 0.3) is 6.43 Å². The van der Waals surface area contributed by atoms with Gasteiger partial charge in [-0.3, -0.25) is 0 Å². The van der Waals surface area contributed by atoms with Crippen LogP contribution in [-0.4, -0.2) is 26.1 Å². The average molecular weight is 231 g/mol. The predicted molar refractivity (Wildman–Crippen MR) is 53.7 cm³/mol. The molecule has 0 bridgehead atoms. The number of hydrogen-bond donors (Lipinski definition) is 1. The van der Waals surface area contributed by atoms with E-state index in [1.165, 1.54) is 19.2 Å². The van der Waals surface area contributed by atoms with Gasteiger partial charge in [-0.25, -0.2) is 13.6 Å². The van der Waals surface area contributed by atoms with Gasteiger partial charge < -0.3 is 15.2 Å². The first-order valence-electron chi connectivity index (χ1n) is 4.44. The highest BCUT2D eigenvalue weighted by Crippen LogP contribution is 2.25. The van der Waals surface area contributed by atoms with Crippen molar-refractivity contribution in [2.75, 3.05) is 19.5 Å². The molecule has 0 aliphatic carbocycles. The highest BCUT2D eigenvalue weighted by atomic mass is 19.3. The predicted octanol–water partition coefficient (Wildman–Crippen LogP) is 1.70. The van der Waals surface area contributed by atoms with E-state index in [-0.39, 0.29) is 11.3 Å². The topological polar surface area (TPSA) is 61.5 Å². The van der Waals surface area contributed by atoms with Crippen molar-refractivity contribution < 1.29 is 23.0 Å². The molecule has 0 fully saturated rings. The Hall–Kier alpha value is -1.85. The van der Waals surface area contributed by atoms with Crippen molar-refractivity contribution in [3.05, 3.63) is 23.8 Å². The van der Waals surface area contributed by atoms with Crippen LogP contribution in [0, 0.1) is 0 Å². The monoisotopic (exact) mass is 231 g/mol. The molecule has 1 aromatic rings. The number of halogens is 2. The van der Waals surface area contributed by atoms with Gasteiger partial charge in [-0.2, -0.15) is 0 Å². The Labute approximate surface area is 91.0 Å². The molecular weight excluding hydrogens is 220 g/mol. The van der Waals surface area contributed by atoms with Crippen LogP contribution in [0.25, 0.3) is 0 Å². The minimum absolute atomic E-state index is 0.0139. The summed E-state index contributed by atoms with van der Waals surface area (Å²) in [4.78, 5) is 11.3. The number of methoxy groups -OCH3 is 1. The van der Waals surface area contributed by atoms with E-state index in [1.807, 2.05) is 0 Å². The maximum absolute atomic E-state index is 11.8. The number of ether oxygens (including phenoxy) is 2. The van der Waals surface area contributed by atoms with E-state index >= 15 is 0 Å². The maximum atomic E-state index is 11.8. The molecule has 1 aromatic carbocycles. The Morgan fingerprint density at radius 3 is 2.75 bits per heavy atom. The van der Waals surface area contributed by atoms with Gasteiger partial charge >= 0.3 is 5.97 Å². The van der Waals surface area contributed by atoms with E-state index < -0.39 is 19.0 Å². The number of nitrogens with two attached hydrogens (primary N) is 1. The molecular formula is C10H11F2NO3. The molecule has 16 heavy (non-hydrogen) atoms. The first-order valence-corrected chi connectivity index (χ1v) is 4.44. The number of benzene rings is 1. The third kappa shape index (κ3) is 2.82. The Balaban J connectivity index is 2.83. The van der Waals surface area contributed by atoms with Crippen LogP contribution in [0.15, 0.2) is 18.2 Å². The van der Waals surface area contributed by atoms with Crippen LogP contribution in [0.5, 0.6) is 5.75 Å². The highest BCUT2D eigenvalue weighted by Gasteiger charge is 2.15. The van der Waals surface area contributed by atoms with Crippen molar-refractivity contribution in [2.24, 2.45) is 0 Å². The fourth-order valence-electron chi connectivity index (χ4n) is 1.12. The van der Waals surface area contributed by atoms with E-state index in [4.69, 9.17) is 10.5 Å². The molecule has 1 rings (SSSR count).